The van der Waals surface area contributed by atoms with E-state index in [-0.39, 0.29) is 10.8 Å². The van der Waals surface area contributed by atoms with Gasteiger partial charge in [-0.3, -0.25) is 4.79 Å². The first-order chi connectivity index (χ1) is 7.86. The van der Waals surface area contributed by atoms with E-state index in [0.29, 0.717) is 5.69 Å². The molecule has 7 heteroatoms. The Morgan fingerprint density at radius 2 is 1.82 bits per heavy atom. The van der Waals surface area contributed by atoms with Gasteiger partial charge in [-0.2, -0.15) is 0 Å². The fraction of sp³-hybridized carbons (Fsp3) is 0.300. The molecule has 0 unspecified atom stereocenters. The number of carbonyl (C=O) groups is 1. The van der Waals surface area contributed by atoms with Gasteiger partial charge in [0.2, 0.25) is 15.9 Å². The molecule has 0 fully saturated rings. The molecule has 0 bridgehead atoms. The first-order valence-corrected chi connectivity index (χ1v) is 6.45. The van der Waals surface area contributed by atoms with Gasteiger partial charge in [0.05, 0.1) is 10.9 Å². The van der Waals surface area contributed by atoms with Crippen LogP contribution in [-0.2, 0) is 14.8 Å². The largest absolute Gasteiger partial charge is 0.325 e. The number of nitrogens with one attached hydrogen (secondary N) is 2. The topological polar surface area (TPSA) is 101 Å². The van der Waals surface area contributed by atoms with Crippen molar-refractivity contribution in [1.82, 2.24) is 4.72 Å². The summed E-state index contributed by atoms with van der Waals surface area (Å²) in [6.07, 6.45) is 0. The minimum Gasteiger partial charge on any atom is -0.325 e. The Labute approximate surface area is 100 Å². The number of sulfonamides is 1. The zero-order chi connectivity index (χ0) is 13.1. The van der Waals surface area contributed by atoms with Crippen molar-refractivity contribution in [2.75, 3.05) is 12.4 Å². The van der Waals surface area contributed by atoms with Crippen molar-refractivity contribution in [2.24, 2.45) is 5.73 Å². The maximum Gasteiger partial charge on any atom is 0.240 e. The monoisotopic (exact) mass is 257 g/mol. The maximum absolute atomic E-state index is 11.4. The fourth-order valence-electron chi connectivity index (χ4n) is 1.09. The summed E-state index contributed by atoms with van der Waals surface area (Å²) in [5.41, 5.74) is 5.89. The van der Waals surface area contributed by atoms with Crippen LogP contribution >= 0.6 is 0 Å². The smallest absolute Gasteiger partial charge is 0.240 e. The number of hydrogen-bond donors (Lipinski definition) is 3. The van der Waals surface area contributed by atoms with Crippen LogP contribution in [0.4, 0.5) is 5.69 Å². The van der Waals surface area contributed by atoms with E-state index in [9.17, 15) is 13.2 Å². The molecule has 0 saturated heterocycles. The summed E-state index contributed by atoms with van der Waals surface area (Å²) in [7, 11) is -2.11. The average Bonchev–Trinajstić information content (AvgIpc) is 2.29. The summed E-state index contributed by atoms with van der Waals surface area (Å²) in [5, 5.41) is 2.56. The molecule has 0 aliphatic heterocycles. The fourth-order valence-corrected chi connectivity index (χ4v) is 1.82. The lowest BCUT2D eigenvalue weighted by atomic mass is 10.3. The Balaban J connectivity index is 2.86. The van der Waals surface area contributed by atoms with Crippen molar-refractivity contribution in [2.45, 2.75) is 17.9 Å². The first-order valence-electron chi connectivity index (χ1n) is 4.97. The van der Waals surface area contributed by atoms with Crippen LogP contribution in [0.5, 0.6) is 0 Å². The summed E-state index contributed by atoms with van der Waals surface area (Å²) in [5.74, 6) is -0.325. The van der Waals surface area contributed by atoms with Crippen LogP contribution < -0.4 is 15.8 Å². The summed E-state index contributed by atoms with van der Waals surface area (Å²) < 4.78 is 25.0. The highest BCUT2D eigenvalue weighted by molar-refractivity contribution is 7.89. The van der Waals surface area contributed by atoms with Crippen LogP contribution in [0.1, 0.15) is 6.92 Å². The molecular formula is C10H15N3O3S. The molecule has 6 nitrogen and oxygen atoms in total. The molecule has 1 aromatic carbocycles. The van der Waals surface area contributed by atoms with Crippen molar-refractivity contribution in [1.29, 1.82) is 0 Å². The van der Waals surface area contributed by atoms with E-state index < -0.39 is 16.1 Å². The lowest BCUT2D eigenvalue weighted by molar-refractivity contribution is -0.117. The number of anilines is 1. The quantitative estimate of drug-likeness (QED) is 0.700. The number of nitrogens with two attached hydrogens (primary N) is 1. The summed E-state index contributed by atoms with van der Waals surface area (Å²) >= 11 is 0. The SMILES string of the molecule is CNS(=O)(=O)c1ccc(NC(=O)[C@H](C)N)cc1. The predicted octanol–water partition coefficient (Wildman–Crippen LogP) is -0.120. The predicted molar refractivity (Wildman–Crippen MR) is 65.0 cm³/mol. The van der Waals surface area contributed by atoms with Gasteiger partial charge in [0, 0.05) is 5.69 Å². The second-order valence-electron chi connectivity index (χ2n) is 3.51. The van der Waals surface area contributed by atoms with Crippen LogP contribution in [0.2, 0.25) is 0 Å². The molecule has 94 valence electrons. The van der Waals surface area contributed by atoms with Gasteiger partial charge in [-0.25, -0.2) is 13.1 Å². The number of benzene rings is 1. The summed E-state index contributed by atoms with van der Waals surface area (Å²) in [6.45, 7) is 1.56. The highest BCUT2D eigenvalue weighted by Crippen LogP contribution is 2.13. The molecule has 1 rings (SSSR count). The van der Waals surface area contributed by atoms with E-state index in [0.717, 1.165) is 0 Å². The third-order valence-electron chi connectivity index (χ3n) is 2.11. The van der Waals surface area contributed by atoms with Gasteiger partial charge in [-0.1, -0.05) is 0 Å². The van der Waals surface area contributed by atoms with Gasteiger partial charge < -0.3 is 11.1 Å². The number of amides is 1. The van der Waals surface area contributed by atoms with Crippen molar-refractivity contribution in [3.63, 3.8) is 0 Å². The van der Waals surface area contributed by atoms with Gasteiger partial charge in [0.15, 0.2) is 0 Å². The normalized spacial score (nSPS) is 13.1. The van der Waals surface area contributed by atoms with E-state index in [1.165, 1.54) is 31.3 Å². The minimum absolute atomic E-state index is 0.138. The van der Waals surface area contributed by atoms with E-state index >= 15 is 0 Å². The zero-order valence-electron chi connectivity index (χ0n) is 9.60. The second kappa shape index (κ2) is 5.26. The molecule has 0 aliphatic rings. The number of hydrogen-bond acceptors (Lipinski definition) is 4. The lowest BCUT2D eigenvalue weighted by Gasteiger charge is -2.08. The highest BCUT2D eigenvalue weighted by Gasteiger charge is 2.11. The Bertz CT molecular complexity index is 494. The maximum atomic E-state index is 11.4. The molecule has 0 aliphatic carbocycles. The molecule has 0 saturated carbocycles. The molecule has 4 N–H and O–H groups in total. The van der Waals surface area contributed by atoms with Crippen LogP contribution in [0.3, 0.4) is 0 Å². The molecule has 1 atom stereocenters. The van der Waals surface area contributed by atoms with E-state index in [2.05, 4.69) is 10.0 Å². The highest BCUT2D eigenvalue weighted by atomic mass is 32.2. The number of carbonyl (C=O) groups excluding carboxylic acids is 1. The third-order valence-corrected chi connectivity index (χ3v) is 3.54. The molecule has 0 radical (unpaired) electrons. The zero-order valence-corrected chi connectivity index (χ0v) is 10.4. The van der Waals surface area contributed by atoms with Crippen LogP contribution in [-0.4, -0.2) is 27.4 Å². The lowest BCUT2D eigenvalue weighted by Crippen LogP contribution is -2.32. The van der Waals surface area contributed by atoms with E-state index in [4.69, 9.17) is 5.73 Å². The van der Waals surface area contributed by atoms with Crippen LogP contribution in [0.25, 0.3) is 0 Å². The van der Waals surface area contributed by atoms with Crippen molar-refractivity contribution in [3.05, 3.63) is 24.3 Å². The van der Waals surface area contributed by atoms with Gasteiger partial charge in [-0.15, -0.1) is 0 Å². The van der Waals surface area contributed by atoms with Gasteiger partial charge in [0.1, 0.15) is 0 Å². The Morgan fingerprint density at radius 3 is 2.24 bits per heavy atom. The minimum atomic E-state index is -3.45. The van der Waals surface area contributed by atoms with Crippen LogP contribution in [0.15, 0.2) is 29.2 Å². The molecule has 0 heterocycles. The van der Waals surface area contributed by atoms with Crippen LogP contribution in [0, 0.1) is 0 Å². The van der Waals surface area contributed by atoms with E-state index in [1.807, 2.05) is 0 Å². The first kappa shape index (κ1) is 13.6. The molecule has 0 spiro atoms. The molecule has 0 aromatic heterocycles. The third kappa shape index (κ3) is 3.52. The Kier molecular flexibility index (Phi) is 4.22. The molecule has 1 amide bonds. The molecular weight excluding hydrogens is 242 g/mol. The standard InChI is InChI=1S/C10H15N3O3S/c1-7(11)10(14)13-8-3-5-9(6-4-8)17(15,16)12-2/h3-7,12H,11H2,1-2H3,(H,13,14)/t7-/m0/s1. The average molecular weight is 257 g/mol. The Morgan fingerprint density at radius 1 is 1.29 bits per heavy atom. The van der Waals surface area contributed by atoms with Gasteiger partial charge in [0.25, 0.3) is 0 Å². The van der Waals surface area contributed by atoms with Gasteiger partial charge >= 0.3 is 0 Å². The second-order valence-corrected chi connectivity index (χ2v) is 5.40. The van der Waals surface area contributed by atoms with Crippen molar-refractivity contribution < 1.29 is 13.2 Å². The number of rotatable bonds is 4. The summed E-state index contributed by atoms with van der Waals surface area (Å²) in [6, 6.07) is 5.20. The molecule has 1 aromatic rings. The van der Waals surface area contributed by atoms with Crippen molar-refractivity contribution in [3.8, 4) is 0 Å². The van der Waals surface area contributed by atoms with Gasteiger partial charge in [-0.05, 0) is 38.2 Å². The summed E-state index contributed by atoms with van der Waals surface area (Å²) in [4.78, 5) is 11.4. The van der Waals surface area contributed by atoms with E-state index in [1.54, 1.807) is 6.92 Å². The molecule has 17 heavy (non-hydrogen) atoms. The Hall–Kier alpha value is -1.44. The van der Waals surface area contributed by atoms with Crippen molar-refractivity contribution >= 4 is 21.6 Å².